The minimum atomic E-state index is 0.735. The van der Waals surface area contributed by atoms with E-state index >= 15 is 0 Å². The van der Waals surface area contributed by atoms with E-state index in [0.717, 1.165) is 47.9 Å². The molecule has 2 aromatic heterocycles. The molecule has 0 atom stereocenters. The van der Waals surface area contributed by atoms with Crippen LogP contribution in [0.25, 0.3) is 11.0 Å². The van der Waals surface area contributed by atoms with Crippen LogP contribution in [-0.4, -0.2) is 15.8 Å². The Bertz CT molecular complexity index is 767. The molecular formula is C17H19N3O. The van der Waals surface area contributed by atoms with Gasteiger partial charge in [-0.2, -0.15) is 0 Å². The first-order valence-electron chi connectivity index (χ1n) is 7.33. The van der Waals surface area contributed by atoms with E-state index in [1.165, 1.54) is 0 Å². The summed E-state index contributed by atoms with van der Waals surface area (Å²) < 4.78 is 7.69. The Morgan fingerprint density at radius 1 is 1.24 bits per heavy atom. The Balaban J connectivity index is 1.98. The zero-order chi connectivity index (χ0) is 14.7. The number of hydrogen-bond donors (Lipinski definition) is 0. The number of benzene rings is 1. The molecule has 4 heteroatoms. The molecule has 0 N–H and O–H groups in total. The summed E-state index contributed by atoms with van der Waals surface area (Å²) >= 11 is 0. The fourth-order valence-corrected chi connectivity index (χ4v) is 2.34. The first kappa shape index (κ1) is 13.6. The molecule has 2 heterocycles. The van der Waals surface area contributed by atoms with Crippen LogP contribution in [0.15, 0.2) is 45.8 Å². The van der Waals surface area contributed by atoms with Crippen molar-refractivity contribution in [2.24, 2.45) is 4.99 Å². The van der Waals surface area contributed by atoms with Gasteiger partial charge in [-0.15, -0.1) is 0 Å². The van der Waals surface area contributed by atoms with Crippen LogP contribution >= 0.6 is 0 Å². The van der Waals surface area contributed by atoms with Crippen molar-refractivity contribution in [2.45, 2.75) is 33.2 Å². The van der Waals surface area contributed by atoms with E-state index < -0.39 is 0 Å². The molecule has 0 bridgehead atoms. The quantitative estimate of drug-likeness (QED) is 0.647. The lowest BCUT2D eigenvalue weighted by molar-refractivity contribution is 0.528. The summed E-state index contributed by atoms with van der Waals surface area (Å²) in [7, 11) is 0. The number of aliphatic imine (C=N–C) groups is 1. The average molecular weight is 281 g/mol. The van der Waals surface area contributed by atoms with E-state index in [1.54, 1.807) is 6.21 Å². The molecule has 1 aromatic carbocycles. The van der Waals surface area contributed by atoms with Crippen molar-refractivity contribution < 1.29 is 4.42 Å². The lowest BCUT2D eigenvalue weighted by Gasteiger charge is -2.04. The van der Waals surface area contributed by atoms with Crippen LogP contribution in [0.5, 0.6) is 0 Å². The number of fused-ring (bicyclic) bond motifs is 1. The molecule has 0 fully saturated rings. The maximum absolute atomic E-state index is 5.51. The van der Waals surface area contributed by atoms with Crippen LogP contribution in [0, 0.1) is 6.92 Å². The summed E-state index contributed by atoms with van der Waals surface area (Å²) in [4.78, 5) is 9.12. The maximum Gasteiger partial charge on any atom is 0.230 e. The molecule has 0 saturated carbocycles. The molecule has 0 unspecified atom stereocenters. The lowest BCUT2D eigenvalue weighted by Crippen LogP contribution is -1.97. The smallest absolute Gasteiger partial charge is 0.230 e. The van der Waals surface area contributed by atoms with Gasteiger partial charge in [0.25, 0.3) is 0 Å². The standard InChI is InChI=1S/C17H19N3O/c1-3-4-11-20-16-8-6-5-7-15(16)19-17(20)18-12-14-10-9-13(2)21-14/h5-10,12H,3-4,11H2,1-2H3/b18-12+. The minimum absolute atomic E-state index is 0.735. The van der Waals surface area contributed by atoms with E-state index in [-0.39, 0.29) is 0 Å². The average Bonchev–Trinajstić information content (AvgIpc) is 3.06. The van der Waals surface area contributed by atoms with Gasteiger partial charge in [0.1, 0.15) is 11.5 Å². The number of unbranched alkanes of at least 4 members (excludes halogenated alkanes) is 1. The van der Waals surface area contributed by atoms with Crippen molar-refractivity contribution in [3.8, 4) is 0 Å². The van der Waals surface area contributed by atoms with E-state index in [0.29, 0.717) is 0 Å². The second kappa shape index (κ2) is 5.95. The number of aromatic nitrogens is 2. The maximum atomic E-state index is 5.51. The normalized spacial score (nSPS) is 11.7. The second-order valence-corrected chi connectivity index (χ2v) is 5.11. The molecular weight excluding hydrogens is 262 g/mol. The predicted molar refractivity (Wildman–Crippen MR) is 85.3 cm³/mol. The Kier molecular flexibility index (Phi) is 3.86. The summed E-state index contributed by atoms with van der Waals surface area (Å²) in [6, 6.07) is 12.0. The van der Waals surface area contributed by atoms with Crippen LogP contribution in [-0.2, 0) is 6.54 Å². The molecule has 0 aliphatic carbocycles. The molecule has 0 radical (unpaired) electrons. The number of nitrogens with zero attached hydrogens (tertiary/aromatic N) is 3. The Morgan fingerprint density at radius 3 is 2.86 bits per heavy atom. The van der Waals surface area contributed by atoms with Gasteiger partial charge in [-0.1, -0.05) is 25.5 Å². The van der Waals surface area contributed by atoms with E-state index in [9.17, 15) is 0 Å². The highest BCUT2D eigenvalue weighted by Crippen LogP contribution is 2.22. The number of imidazole rings is 1. The van der Waals surface area contributed by atoms with Crippen molar-refractivity contribution in [1.29, 1.82) is 0 Å². The highest BCUT2D eigenvalue weighted by molar-refractivity contribution is 5.81. The predicted octanol–water partition coefficient (Wildman–Crippen LogP) is 4.49. The summed E-state index contributed by atoms with van der Waals surface area (Å²) in [5.74, 6) is 2.37. The second-order valence-electron chi connectivity index (χ2n) is 5.11. The van der Waals surface area contributed by atoms with Gasteiger partial charge >= 0.3 is 0 Å². The van der Waals surface area contributed by atoms with Gasteiger partial charge in [0, 0.05) is 6.54 Å². The highest BCUT2D eigenvalue weighted by atomic mass is 16.3. The first-order chi connectivity index (χ1) is 10.3. The third-order valence-electron chi connectivity index (χ3n) is 3.44. The van der Waals surface area contributed by atoms with E-state index in [1.807, 2.05) is 37.3 Å². The van der Waals surface area contributed by atoms with Crippen LogP contribution < -0.4 is 0 Å². The van der Waals surface area contributed by atoms with Crippen LogP contribution in [0.3, 0.4) is 0 Å². The van der Waals surface area contributed by atoms with Crippen LogP contribution in [0.4, 0.5) is 5.95 Å². The Morgan fingerprint density at radius 2 is 2.10 bits per heavy atom. The molecule has 0 spiro atoms. The number of rotatable bonds is 5. The minimum Gasteiger partial charge on any atom is -0.460 e. The third-order valence-corrected chi connectivity index (χ3v) is 3.44. The molecule has 3 rings (SSSR count). The largest absolute Gasteiger partial charge is 0.460 e. The number of furan rings is 1. The summed E-state index contributed by atoms with van der Waals surface area (Å²) in [5, 5.41) is 0. The lowest BCUT2D eigenvalue weighted by atomic mass is 10.3. The fourth-order valence-electron chi connectivity index (χ4n) is 2.34. The number of aryl methyl sites for hydroxylation is 2. The molecule has 0 aliphatic heterocycles. The van der Waals surface area contributed by atoms with Gasteiger partial charge < -0.3 is 8.98 Å². The summed E-state index contributed by atoms with van der Waals surface area (Å²) in [6.45, 7) is 5.04. The highest BCUT2D eigenvalue weighted by Gasteiger charge is 2.08. The SMILES string of the molecule is CCCCn1c(/N=C/c2ccc(C)o2)nc2ccccc21. The van der Waals surface area contributed by atoms with Gasteiger partial charge in [-0.25, -0.2) is 9.98 Å². The van der Waals surface area contributed by atoms with Crippen molar-refractivity contribution >= 4 is 23.2 Å². The van der Waals surface area contributed by atoms with Gasteiger partial charge in [0.05, 0.1) is 17.2 Å². The number of hydrogen-bond acceptors (Lipinski definition) is 3. The van der Waals surface area contributed by atoms with Crippen molar-refractivity contribution in [1.82, 2.24) is 9.55 Å². The first-order valence-corrected chi connectivity index (χ1v) is 7.33. The van der Waals surface area contributed by atoms with Crippen molar-refractivity contribution in [2.75, 3.05) is 0 Å². The zero-order valence-corrected chi connectivity index (χ0v) is 12.4. The molecule has 21 heavy (non-hydrogen) atoms. The van der Waals surface area contributed by atoms with Crippen LogP contribution in [0.2, 0.25) is 0 Å². The fraction of sp³-hybridized carbons (Fsp3) is 0.294. The molecule has 4 nitrogen and oxygen atoms in total. The summed E-state index contributed by atoms with van der Waals surface area (Å²) in [5.41, 5.74) is 2.12. The van der Waals surface area contributed by atoms with E-state index in [4.69, 9.17) is 4.42 Å². The van der Waals surface area contributed by atoms with Crippen molar-refractivity contribution in [3.63, 3.8) is 0 Å². The van der Waals surface area contributed by atoms with Gasteiger partial charge in [-0.05, 0) is 37.6 Å². The monoisotopic (exact) mass is 281 g/mol. The molecule has 3 aromatic rings. The molecule has 0 saturated heterocycles. The molecule has 0 amide bonds. The topological polar surface area (TPSA) is 43.3 Å². The van der Waals surface area contributed by atoms with Crippen LogP contribution in [0.1, 0.15) is 31.3 Å². The van der Waals surface area contributed by atoms with Gasteiger partial charge in [0.2, 0.25) is 5.95 Å². The molecule has 108 valence electrons. The summed E-state index contributed by atoms with van der Waals surface area (Å²) in [6.07, 6.45) is 3.99. The van der Waals surface area contributed by atoms with Crippen molar-refractivity contribution in [3.05, 3.63) is 47.9 Å². The molecule has 0 aliphatic rings. The van der Waals surface area contributed by atoms with Gasteiger partial charge in [0.15, 0.2) is 0 Å². The Labute approximate surface area is 124 Å². The zero-order valence-electron chi connectivity index (χ0n) is 12.4. The van der Waals surface area contributed by atoms with Gasteiger partial charge in [-0.3, -0.25) is 0 Å². The van der Waals surface area contributed by atoms with E-state index in [2.05, 4.69) is 27.5 Å². The number of para-hydroxylation sites is 2. The Hall–Kier alpha value is -2.36. The third kappa shape index (κ3) is 2.89.